The van der Waals surface area contributed by atoms with Gasteiger partial charge in [0.05, 0.1) is 0 Å². The first-order valence-electron chi connectivity index (χ1n) is 7.47. The number of hydrogen-bond acceptors (Lipinski definition) is 4. The smallest absolute Gasteiger partial charge is 0.273 e. The van der Waals surface area contributed by atoms with Crippen LogP contribution in [0.1, 0.15) is 23.3 Å². The monoisotopic (exact) mass is 339 g/mol. The van der Waals surface area contributed by atoms with Gasteiger partial charge in [-0.25, -0.2) is 4.98 Å². The lowest BCUT2D eigenvalue weighted by Crippen LogP contribution is -2.50. The molecule has 2 aliphatic rings. The third-order valence-corrected chi connectivity index (χ3v) is 5.21. The maximum Gasteiger partial charge on any atom is 0.273 e. The average molecular weight is 340 g/mol. The fraction of sp³-hybridized carbons (Fsp3) is 0.533. The highest BCUT2D eigenvalue weighted by atomic mass is 35.5. The van der Waals surface area contributed by atoms with Crippen LogP contribution in [0.15, 0.2) is 18.2 Å². The van der Waals surface area contributed by atoms with Gasteiger partial charge in [-0.1, -0.05) is 17.7 Å². The number of pyridine rings is 1. The van der Waals surface area contributed by atoms with Gasteiger partial charge in [0.25, 0.3) is 5.91 Å². The van der Waals surface area contributed by atoms with Crippen LogP contribution in [-0.2, 0) is 4.79 Å². The third kappa shape index (κ3) is 3.22. The second kappa shape index (κ2) is 6.87. The number of nitrogens with zero attached hydrogens (tertiary/aromatic N) is 3. The van der Waals surface area contributed by atoms with Crippen molar-refractivity contribution < 1.29 is 9.59 Å². The maximum atomic E-state index is 12.7. The van der Waals surface area contributed by atoms with Crippen LogP contribution in [0.2, 0.25) is 5.15 Å². The summed E-state index contributed by atoms with van der Waals surface area (Å²) in [6.45, 7) is 2.15. The Kier molecular flexibility index (Phi) is 4.88. The van der Waals surface area contributed by atoms with Crippen molar-refractivity contribution in [2.24, 2.45) is 0 Å². The molecule has 0 aliphatic carbocycles. The van der Waals surface area contributed by atoms with E-state index in [0.29, 0.717) is 17.4 Å². The number of likely N-dealkylation sites (tertiary alicyclic amines) is 1. The van der Waals surface area contributed by atoms with Crippen molar-refractivity contribution in [3.05, 3.63) is 29.0 Å². The fourth-order valence-electron chi connectivity index (χ4n) is 2.94. The zero-order chi connectivity index (χ0) is 15.5. The highest BCUT2D eigenvalue weighted by Gasteiger charge is 2.37. The van der Waals surface area contributed by atoms with Gasteiger partial charge in [-0.05, 0) is 25.0 Å². The summed E-state index contributed by atoms with van der Waals surface area (Å²) in [5.41, 5.74) is 0.307. The Hall–Kier alpha value is -1.27. The zero-order valence-electron chi connectivity index (χ0n) is 12.2. The molecule has 118 valence electrons. The van der Waals surface area contributed by atoms with E-state index >= 15 is 0 Å². The van der Waals surface area contributed by atoms with Crippen LogP contribution >= 0.6 is 23.4 Å². The highest BCUT2D eigenvalue weighted by molar-refractivity contribution is 7.99. The Morgan fingerprint density at radius 2 is 2.00 bits per heavy atom. The average Bonchev–Trinajstić information content (AvgIpc) is 3.04. The fourth-order valence-corrected chi connectivity index (χ4v) is 4.00. The molecule has 1 atom stereocenters. The number of carbonyl (C=O) groups excluding carboxylic acids is 2. The lowest BCUT2D eigenvalue weighted by atomic mass is 10.1. The van der Waals surface area contributed by atoms with Crippen molar-refractivity contribution in [3.63, 3.8) is 0 Å². The van der Waals surface area contributed by atoms with Gasteiger partial charge in [0.1, 0.15) is 16.9 Å². The lowest BCUT2D eigenvalue weighted by molar-refractivity contribution is -0.134. The standard InChI is InChI=1S/C15H18ClN3O2S/c16-13-5-1-3-11(17-13)14(20)19-6-2-4-12(19)15(21)18-7-9-22-10-8-18/h1,3,5,12H,2,4,6-10H2/t12-/m0/s1. The molecule has 5 nitrogen and oxygen atoms in total. The number of rotatable bonds is 2. The van der Waals surface area contributed by atoms with Crippen LogP contribution in [0.3, 0.4) is 0 Å². The Morgan fingerprint density at radius 3 is 2.73 bits per heavy atom. The number of thioether (sulfide) groups is 1. The molecule has 2 amide bonds. The quantitative estimate of drug-likeness (QED) is 0.772. The molecular weight excluding hydrogens is 322 g/mol. The van der Waals surface area contributed by atoms with E-state index < -0.39 is 0 Å². The van der Waals surface area contributed by atoms with Crippen molar-refractivity contribution in [1.82, 2.24) is 14.8 Å². The SMILES string of the molecule is O=C([C@@H]1CCCN1C(=O)c1cccc(Cl)n1)N1CCSCC1. The van der Waals surface area contributed by atoms with Crippen LogP contribution in [0, 0.1) is 0 Å². The summed E-state index contributed by atoms with van der Waals surface area (Å²) in [4.78, 5) is 32.9. The van der Waals surface area contributed by atoms with Crippen LogP contribution in [-0.4, -0.2) is 63.8 Å². The first kappa shape index (κ1) is 15.6. The van der Waals surface area contributed by atoms with Crippen molar-refractivity contribution in [1.29, 1.82) is 0 Å². The number of amides is 2. The predicted octanol–water partition coefficient (Wildman–Crippen LogP) is 1.92. The molecule has 22 heavy (non-hydrogen) atoms. The van der Waals surface area contributed by atoms with Gasteiger partial charge in [-0.15, -0.1) is 0 Å². The Morgan fingerprint density at radius 1 is 1.23 bits per heavy atom. The lowest BCUT2D eigenvalue weighted by Gasteiger charge is -2.32. The molecule has 0 unspecified atom stereocenters. The van der Waals surface area contributed by atoms with Crippen LogP contribution in [0.5, 0.6) is 0 Å². The molecule has 0 bridgehead atoms. The van der Waals surface area contributed by atoms with E-state index in [1.54, 1.807) is 23.1 Å². The van der Waals surface area contributed by atoms with E-state index in [2.05, 4.69) is 4.98 Å². The van der Waals surface area contributed by atoms with E-state index in [-0.39, 0.29) is 17.9 Å². The molecule has 3 rings (SSSR count). The molecule has 7 heteroatoms. The van der Waals surface area contributed by atoms with Crippen molar-refractivity contribution in [2.75, 3.05) is 31.1 Å². The topological polar surface area (TPSA) is 53.5 Å². The summed E-state index contributed by atoms with van der Waals surface area (Å²) in [6.07, 6.45) is 1.58. The minimum absolute atomic E-state index is 0.0770. The van der Waals surface area contributed by atoms with Gasteiger partial charge in [0.15, 0.2) is 0 Å². The second-order valence-electron chi connectivity index (χ2n) is 5.44. The van der Waals surface area contributed by atoms with E-state index in [4.69, 9.17) is 11.6 Å². The van der Waals surface area contributed by atoms with Gasteiger partial charge >= 0.3 is 0 Å². The summed E-state index contributed by atoms with van der Waals surface area (Å²) in [5.74, 6) is 1.82. The summed E-state index contributed by atoms with van der Waals surface area (Å²) in [7, 11) is 0. The molecule has 0 saturated carbocycles. The molecule has 0 N–H and O–H groups in total. The van der Waals surface area contributed by atoms with Gasteiger partial charge in [-0.3, -0.25) is 9.59 Å². The van der Waals surface area contributed by atoms with Gasteiger partial charge in [0.2, 0.25) is 5.91 Å². The van der Waals surface area contributed by atoms with Crippen LogP contribution < -0.4 is 0 Å². The number of carbonyl (C=O) groups is 2. The molecule has 1 aromatic rings. The maximum absolute atomic E-state index is 12.7. The molecule has 2 fully saturated rings. The zero-order valence-corrected chi connectivity index (χ0v) is 13.8. The molecule has 2 saturated heterocycles. The minimum atomic E-state index is -0.351. The first-order chi connectivity index (χ1) is 10.7. The van der Waals surface area contributed by atoms with Gasteiger partial charge in [-0.2, -0.15) is 11.8 Å². The van der Waals surface area contributed by atoms with Crippen LogP contribution in [0.4, 0.5) is 0 Å². The van der Waals surface area contributed by atoms with Gasteiger partial charge in [0, 0.05) is 31.1 Å². The van der Waals surface area contributed by atoms with Crippen molar-refractivity contribution >= 4 is 35.2 Å². The van der Waals surface area contributed by atoms with E-state index in [1.165, 1.54) is 0 Å². The molecule has 0 spiro atoms. The van der Waals surface area contributed by atoms with Crippen LogP contribution in [0.25, 0.3) is 0 Å². The van der Waals surface area contributed by atoms with E-state index in [0.717, 1.165) is 37.4 Å². The molecule has 0 aromatic carbocycles. The molecule has 2 aliphatic heterocycles. The molecule has 0 radical (unpaired) electrons. The molecule has 1 aromatic heterocycles. The summed E-state index contributed by atoms with van der Waals surface area (Å²) in [5, 5.41) is 0.293. The predicted molar refractivity (Wildman–Crippen MR) is 87.2 cm³/mol. The second-order valence-corrected chi connectivity index (χ2v) is 7.05. The Balaban J connectivity index is 1.75. The summed E-state index contributed by atoms with van der Waals surface area (Å²) >= 11 is 7.72. The van der Waals surface area contributed by atoms with E-state index in [9.17, 15) is 9.59 Å². The first-order valence-corrected chi connectivity index (χ1v) is 9.00. The Bertz CT molecular complexity index is 578. The molecule has 3 heterocycles. The number of halogens is 1. The number of hydrogen-bond donors (Lipinski definition) is 0. The molecular formula is C15H18ClN3O2S. The van der Waals surface area contributed by atoms with Crippen molar-refractivity contribution in [3.8, 4) is 0 Å². The summed E-state index contributed by atoms with van der Waals surface area (Å²) < 4.78 is 0. The number of aromatic nitrogens is 1. The Labute approximate surface area is 139 Å². The minimum Gasteiger partial charge on any atom is -0.339 e. The highest BCUT2D eigenvalue weighted by Crippen LogP contribution is 2.23. The summed E-state index contributed by atoms with van der Waals surface area (Å²) in [6, 6.07) is 4.63. The van der Waals surface area contributed by atoms with Gasteiger partial charge < -0.3 is 9.80 Å². The third-order valence-electron chi connectivity index (χ3n) is 4.06. The van der Waals surface area contributed by atoms with E-state index in [1.807, 2.05) is 16.7 Å². The largest absolute Gasteiger partial charge is 0.339 e. The normalized spacial score (nSPS) is 22.0. The van der Waals surface area contributed by atoms with Crippen molar-refractivity contribution in [2.45, 2.75) is 18.9 Å².